The van der Waals surface area contributed by atoms with Crippen molar-refractivity contribution in [3.63, 3.8) is 0 Å². The zero-order valence-electron chi connectivity index (χ0n) is 14.1. The van der Waals surface area contributed by atoms with E-state index in [0.29, 0.717) is 6.04 Å². The van der Waals surface area contributed by atoms with E-state index in [1.807, 2.05) is 64.9 Å². The van der Waals surface area contributed by atoms with Gasteiger partial charge in [-0.1, -0.05) is 42.5 Å². The van der Waals surface area contributed by atoms with Crippen LogP contribution in [0.25, 0.3) is 0 Å². The van der Waals surface area contributed by atoms with E-state index in [0.717, 1.165) is 22.7 Å². The van der Waals surface area contributed by atoms with Crippen LogP contribution in [0.15, 0.2) is 72.1 Å². The second-order valence-electron chi connectivity index (χ2n) is 6.37. The highest BCUT2D eigenvalue weighted by Crippen LogP contribution is 2.39. The number of carbonyl (C=O) groups excluding carboxylic acids is 1. The molecule has 0 radical (unpaired) electrons. The van der Waals surface area contributed by atoms with E-state index in [2.05, 4.69) is 24.4 Å². The lowest BCUT2D eigenvalue weighted by molar-refractivity contribution is 0.0978. The Kier molecular flexibility index (Phi) is 4.28. The Morgan fingerprint density at radius 2 is 1.80 bits per heavy atom. The number of hydrogen-bond donors (Lipinski definition) is 1. The molecule has 2 heterocycles. The van der Waals surface area contributed by atoms with E-state index in [-0.39, 0.29) is 11.9 Å². The fourth-order valence-corrected chi connectivity index (χ4v) is 4.16. The number of para-hydroxylation sites is 2. The maximum Gasteiger partial charge on any atom is 0.268 e. The topological polar surface area (TPSA) is 32.3 Å². The van der Waals surface area contributed by atoms with Crippen LogP contribution in [0.5, 0.6) is 0 Å². The van der Waals surface area contributed by atoms with Gasteiger partial charge in [-0.25, -0.2) is 0 Å². The Hall–Kier alpha value is -2.59. The lowest BCUT2D eigenvalue weighted by Crippen LogP contribution is -2.40. The summed E-state index contributed by atoms with van der Waals surface area (Å²) in [7, 11) is 0. The van der Waals surface area contributed by atoms with Crippen LogP contribution in [0.4, 0.5) is 11.4 Å². The SMILES string of the molecule is C[C@H]1C[C@H](N(C(=O)c2cccs2)c2ccccc2)c2ccccc2N1. The van der Waals surface area contributed by atoms with E-state index in [1.54, 1.807) is 0 Å². The summed E-state index contributed by atoms with van der Waals surface area (Å²) in [6.07, 6.45) is 0.878. The van der Waals surface area contributed by atoms with Crippen LogP contribution >= 0.6 is 11.3 Å². The van der Waals surface area contributed by atoms with Crippen LogP contribution in [0.2, 0.25) is 0 Å². The van der Waals surface area contributed by atoms with Crippen molar-refractivity contribution in [1.82, 2.24) is 0 Å². The Morgan fingerprint density at radius 3 is 2.56 bits per heavy atom. The largest absolute Gasteiger partial charge is 0.382 e. The van der Waals surface area contributed by atoms with Gasteiger partial charge in [0.1, 0.15) is 0 Å². The molecule has 3 aromatic rings. The van der Waals surface area contributed by atoms with Gasteiger partial charge >= 0.3 is 0 Å². The van der Waals surface area contributed by atoms with Gasteiger partial charge in [0.15, 0.2) is 0 Å². The van der Waals surface area contributed by atoms with Gasteiger partial charge in [0.25, 0.3) is 5.91 Å². The zero-order valence-corrected chi connectivity index (χ0v) is 14.9. The third-order valence-electron chi connectivity index (χ3n) is 4.60. The van der Waals surface area contributed by atoms with Crippen LogP contribution in [0.3, 0.4) is 0 Å². The highest BCUT2D eigenvalue weighted by Gasteiger charge is 2.33. The first-order chi connectivity index (χ1) is 12.2. The second-order valence-corrected chi connectivity index (χ2v) is 7.32. The van der Waals surface area contributed by atoms with Gasteiger partial charge in [0.05, 0.1) is 10.9 Å². The maximum atomic E-state index is 13.3. The zero-order chi connectivity index (χ0) is 17.2. The van der Waals surface area contributed by atoms with Gasteiger partial charge in [0, 0.05) is 17.4 Å². The van der Waals surface area contributed by atoms with E-state index in [1.165, 1.54) is 16.9 Å². The van der Waals surface area contributed by atoms with E-state index < -0.39 is 0 Å². The Bertz CT molecular complexity index is 861. The van der Waals surface area contributed by atoms with Crippen LogP contribution < -0.4 is 10.2 Å². The third-order valence-corrected chi connectivity index (χ3v) is 5.45. The molecule has 0 bridgehead atoms. The first-order valence-corrected chi connectivity index (χ1v) is 9.39. The van der Waals surface area contributed by atoms with Gasteiger partial charge in [0.2, 0.25) is 0 Å². The molecule has 1 amide bonds. The van der Waals surface area contributed by atoms with Gasteiger partial charge in [-0.15, -0.1) is 11.3 Å². The van der Waals surface area contributed by atoms with Crippen LogP contribution in [-0.4, -0.2) is 11.9 Å². The molecule has 0 saturated heterocycles. The summed E-state index contributed by atoms with van der Waals surface area (Å²) in [5, 5.41) is 5.49. The first-order valence-electron chi connectivity index (χ1n) is 8.51. The molecule has 25 heavy (non-hydrogen) atoms. The van der Waals surface area contributed by atoms with Crippen molar-refractivity contribution in [3.05, 3.63) is 82.6 Å². The first kappa shape index (κ1) is 15.9. The van der Waals surface area contributed by atoms with E-state index in [9.17, 15) is 4.79 Å². The number of benzene rings is 2. The molecular formula is C21H20N2OS. The molecule has 1 N–H and O–H groups in total. The molecule has 2 atom stereocenters. The fourth-order valence-electron chi connectivity index (χ4n) is 3.50. The normalized spacial score (nSPS) is 18.9. The number of anilines is 2. The quantitative estimate of drug-likeness (QED) is 0.693. The molecule has 4 heteroatoms. The molecule has 0 aliphatic carbocycles. The molecule has 0 unspecified atom stereocenters. The van der Waals surface area contributed by atoms with Crippen LogP contribution in [0.1, 0.15) is 34.6 Å². The Morgan fingerprint density at radius 1 is 1.04 bits per heavy atom. The van der Waals surface area contributed by atoms with Crippen molar-refractivity contribution in [1.29, 1.82) is 0 Å². The number of fused-ring (bicyclic) bond motifs is 1. The third kappa shape index (κ3) is 3.05. The van der Waals surface area contributed by atoms with Crippen molar-refractivity contribution in [2.75, 3.05) is 10.2 Å². The number of thiophene rings is 1. The number of nitrogens with one attached hydrogen (secondary N) is 1. The Labute approximate surface area is 151 Å². The van der Waals surface area contributed by atoms with E-state index in [4.69, 9.17) is 0 Å². The number of nitrogens with zero attached hydrogens (tertiary/aromatic N) is 1. The predicted molar refractivity (Wildman–Crippen MR) is 104 cm³/mol. The number of carbonyl (C=O) groups is 1. The second kappa shape index (κ2) is 6.73. The molecule has 0 fully saturated rings. The van der Waals surface area contributed by atoms with Gasteiger partial charge in [-0.2, -0.15) is 0 Å². The minimum absolute atomic E-state index is 0.0180. The lowest BCUT2D eigenvalue weighted by Gasteiger charge is -2.38. The minimum Gasteiger partial charge on any atom is -0.382 e. The lowest BCUT2D eigenvalue weighted by atomic mass is 9.91. The summed E-state index contributed by atoms with van der Waals surface area (Å²) in [5.41, 5.74) is 3.23. The summed E-state index contributed by atoms with van der Waals surface area (Å²) in [6.45, 7) is 2.17. The number of hydrogen-bond acceptors (Lipinski definition) is 3. The molecule has 2 aromatic carbocycles. The average molecular weight is 348 g/mol. The van der Waals surface area contributed by atoms with Crippen LogP contribution in [-0.2, 0) is 0 Å². The molecule has 3 nitrogen and oxygen atoms in total. The molecule has 0 spiro atoms. The highest BCUT2D eigenvalue weighted by molar-refractivity contribution is 7.12. The van der Waals surface area contributed by atoms with Crippen LogP contribution in [0, 0.1) is 0 Å². The molecule has 1 aromatic heterocycles. The van der Waals surface area contributed by atoms with Crippen molar-refractivity contribution < 1.29 is 4.79 Å². The standard InChI is InChI=1S/C21H20N2OS/c1-15-14-19(17-10-5-6-11-18(17)22-15)23(16-8-3-2-4-9-16)21(24)20-12-7-13-25-20/h2-13,15,19,22H,14H2,1H3/t15-,19-/m0/s1. The molecule has 126 valence electrons. The molecule has 1 aliphatic rings. The fraction of sp³-hybridized carbons (Fsp3) is 0.190. The molecule has 0 saturated carbocycles. The summed E-state index contributed by atoms with van der Waals surface area (Å²) in [6, 6.07) is 22.4. The monoisotopic (exact) mass is 348 g/mol. The average Bonchev–Trinajstić information content (AvgIpc) is 3.17. The van der Waals surface area contributed by atoms with Crippen molar-refractivity contribution >= 4 is 28.6 Å². The highest BCUT2D eigenvalue weighted by atomic mass is 32.1. The van der Waals surface area contributed by atoms with Gasteiger partial charge < -0.3 is 10.2 Å². The summed E-state index contributed by atoms with van der Waals surface area (Å²) in [5.74, 6) is 0.0649. The maximum absolute atomic E-state index is 13.3. The summed E-state index contributed by atoms with van der Waals surface area (Å²) in [4.78, 5) is 16.1. The minimum atomic E-state index is 0.0180. The predicted octanol–water partition coefficient (Wildman–Crippen LogP) is 5.34. The molecule has 4 rings (SSSR count). The Balaban J connectivity index is 1.83. The van der Waals surface area contributed by atoms with Crippen molar-refractivity contribution in [2.45, 2.75) is 25.4 Å². The van der Waals surface area contributed by atoms with E-state index >= 15 is 0 Å². The van der Waals surface area contributed by atoms with Crippen molar-refractivity contribution in [2.24, 2.45) is 0 Å². The summed E-state index contributed by atoms with van der Waals surface area (Å²) >= 11 is 1.49. The number of rotatable bonds is 3. The van der Waals surface area contributed by atoms with Gasteiger partial charge in [-0.05, 0) is 48.6 Å². The smallest absolute Gasteiger partial charge is 0.268 e. The van der Waals surface area contributed by atoms with Crippen molar-refractivity contribution in [3.8, 4) is 0 Å². The summed E-state index contributed by atoms with van der Waals surface area (Å²) < 4.78 is 0. The number of amides is 1. The molecule has 1 aliphatic heterocycles. The molecular weight excluding hydrogens is 328 g/mol. The van der Waals surface area contributed by atoms with Gasteiger partial charge in [-0.3, -0.25) is 4.79 Å².